The second kappa shape index (κ2) is 6.11. The van der Waals surface area contributed by atoms with Gasteiger partial charge in [-0.05, 0) is 6.92 Å². The fourth-order valence-corrected chi connectivity index (χ4v) is 1.53. The average Bonchev–Trinajstić information content (AvgIpc) is 2.37. The molecule has 6 nitrogen and oxygen atoms in total. The van der Waals surface area contributed by atoms with Crippen molar-refractivity contribution >= 4 is 11.6 Å². The van der Waals surface area contributed by atoms with E-state index in [4.69, 9.17) is 5.73 Å². The largest absolute Gasteiger partial charge is 0.341 e. The highest BCUT2D eigenvalue weighted by molar-refractivity contribution is 5.80. The molecule has 98 valence electrons. The average molecular weight is 251 g/mol. The zero-order valence-corrected chi connectivity index (χ0v) is 10.5. The summed E-state index contributed by atoms with van der Waals surface area (Å²) in [6.45, 7) is 2.19. The smallest absolute Gasteiger partial charge is 0.273 e. The third-order valence-corrected chi connectivity index (χ3v) is 2.93. The van der Waals surface area contributed by atoms with Crippen molar-refractivity contribution in [3.8, 4) is 0 Å². The molecule has 1 aromatic rings. The van der Waals surface area contributed by atoms with E-state index < -0.39 is 4.92 Å². The van der Waals surface area contributed by atoms with Gasteiger partial charge in [-0.25, -0.2) is 0 Å². The zero-order chi connectivity index (χ0) is 13.7. The van der Waals surface area contributed by atoms with Gasteiger partial charge in [-0.1, -0.05) is 18.2 Å². The lowest BCUT2D eigenvalue weighted by Gasteiger charge is -2.23. The minimum absolute atomic E-state index is 0.0119. The molecule has 0 aliphatic rings. The summed E-state index contributed by atoms with van der Waals surface area (Å²) in [4.78, 5) is 23.8. The number of carbonyl (C=O) groups excluding carboxylic acids is 1. The van der Waals surface area contributed by atoms with Gasteiger partial charge in [0, 0.05) is 31.3 Å². The first-order chi connectivity index (χ1) is 8.47. The van der Waals surface area contributed by atoms with Gasteiger partial charge >= 0.3 is 0 Å². The molecule has 18 heavy (non-hydrogen) atoms. The first-order valence-electron chi connectivity index (χ1n) is 5.65. The van der Waals surface area contributed by atoms with Crippen LogP contribution in [0.4, 0.5) is 5.69 Å². The summed E-state index contributed by atoms with van der Waals surface area (Å²) in [6.07, 6.45) is 0.0119. The third-order valence-electron chi connectivity index (χ3n) is 2.93. The molecule has 0 aliphatic carbocycles. The maximum absolute atomic E-state index is 11.9. The number of nitrogens with two attached hydrogens (primary N) is 1. The summed E-state index contributed by atoms with van der Waals surface area (Å²) in [5, 5.41) is 10.8. The Morgan fingerprint density at radius 1 is 1.50 bits per heavy atom. The van der Waals surface area contributed by atoms with Crippen LogP contribution in [0.5, 0.6) is 0 Å². The topological polar surface area (TPSA) is 89.5 Å². The van der Waals surface area contributed by atoms with Crippen molar-refractivity contribution in [3.63, 3.8) is 0 Å². The Morgan fingerprint density at radius 2 is 2.11 bits per heavy atom. The molecule has 0 aliphatic heterocycles. The molecular formula is C12H17N3O3. The minimum Gasteiger partial charge on any atom is -0.341 e. The maximum atomic E-state index is 11.9. The van der Waals surface area contributed by atoms with Gasteiger partial charge in [0.2, 0.25) is 5.91 Å². The number of amides is 1. The molecule has 0 bridgehead atoms. The Bertz CT molecular complexity index is 448. The molecule has 0 aromatic heterocycles. The van der Waals surface area contributed by atoms with Crippen LogP contribution in [-0.2, 0) is 11.2 Å². The van der Waals surface area contributed by atoms with Crippen LogP contribution in [0, 0.1) is 10.1 Å². The number of nitro groups is 1. The van der Waals surface area contributed by atoms with Crippen molar-refractivity contribution in [2.75, 3.05) is 13.6 Å². The minimum atomic E-state index is -0.477. The molecule has 0 radical (unpaired) electrons. The van der Waals surface area contributed by atoms with Crippen LogP contribution in [0.2, 0.25) is 0 Å². The predicted molar refractivity (Wildman–Crippen MR) is 68.1 cm³/mol. The Morgan fingerprint density at radius 3 is 2.67 bits per heavy atom. The van der Waals surface area contributed by atoms with Gasteiger partial charge < -0.3 is 10.6 Å². The van der Waals surface area contributed by atoms with Gasteiger partial charge in [0.15, 0.2) is 0 Å². The molecule has 0 spiro atoms. The fraction of sp³-hybridized carbons (Fsp3) is 0.417. The molecule has 0 fully saturated rings. The SMILES string of the molecule is CC(CN)N(C)C(=O)Cc1ccccc1[N+](=O)[O-]. The Labute approximate surface area is 106 Å². The van der Waals surface area contributed by atoms with Crippen molar-refractivity contribution in [1.29, 1.82) is 0 Å². The maximum Gasteiger partial charge on any atom is 0.273 e. The molecule has 2 N–H and O–H groups in total. The highest BCUT2D eigenvalue weighted by atomic mass is 16.6. The van der Waals surface area contributed by atoms with Crippen molar-refractivity contribution in [1.82, 2.24) is 4.90 Å². The molecule has 1 rings (SSSR count). The number of hydrogen-bond acceptors (Lipinski definition) is 4. The Balaban J connectivity index is 2.85. The quantitative estimate of drug-likeness (QED) is 0.623. The summed E-state index contributed by atoms with van der Waals surface area (Å²) in [6, 6.07) is 6.17. The predicted octanol–water partition coefficient (Wildman–Crippen LogP) is 0.943. The zero-order valence-electron chi connectivity index (χ0n) is 10.5. The second-order valence-corrected chi connectivity index (χ2v) is 4.15. The van der Waals surface area contributed by atoms with Crippen LogP contribution in [0.1, 0.15) is 12.5 Å². The van der Waals surface area contributed by atoms with Gasteiger partial charge in [0.1, 0.15) is 0 Å². The van der Waals surface area contributed by atoms with Crippen LogP contribution in [-0.4, -0.2) is 35.4 Å². The number of nitrogens with zero attached hydrogens (tertiary/aromatic N) is 2. The highest BCUT2D eigenvalue weighted by Crippen LogP contribution is 2.18. The van der Waals surface area contributed by atoms with E-state index >= 15 is 0 Å². The number of para-hydroxylation sites is 1. The van der Waals surface area contributed by atoms with Crippen molar-refractivity contribution in [2.45, 2.75) is 19.4 Å². The number of benzene rings is 1. The Kier molecular flexibility index (Phi) is 4.79. The van der Waals surface area contributed by atoms with Gasteiger partial charge in [0.25, 0.3) is 5.69 Å². The number of hydrogen-bond donors (Lipinski definition) is 1. The molecular weight excluding hydrogens is 234 g/mol. The van der Waals surface area contributed by atoms with E-state index in [1.807, 2.05) is 6.92 Å². The fourth-order valence-electron chi connectivity index (χ4n) is 1.53. The van der Waals surface area contributed by atoms with Crippen LogP contribution < -0.4 is 5.73 Å². The van der Waals surface area contributed by atoms with Crippen LogP contribution in [0.25, 0.3) is 0 Å². The lowest BCUT2D eigenvalue weighted by molar-refractivity contribution is -0.385. The Hall–Kier alpha value is -1.95. The molecule has 0 heterocycles. The first-order valence-corrected chi connectivity index (χ1v) is 5.65. The molecule has 0 saturated heterocycles. The van der Waals surface area contributed by atoms with Crippen LogP contribution >= 0.6 is 0 Å². The van der Waals surface area contributed by atoms with E-state index in [9.17, 15) is 14.9 Å². The monoisotopic (exact) mass is 251 g/mol. The number of likely N-dealkylation sites (N-methyl/N-ethyl adjacent to an activating group) is 1. The van der Waals surface area contributed by atoms with E-state index in [1.165, 1.54) is 11.0 Å². The number of carbonyl (C=O) groups is 1. The van der Waals surface area contributed by atoms with Gasteiger partial charge in [0.05, 0.1) is 11.3 Å². The first kappa shape index (κ1) is 14.1. The summed E-state index contributed by atoms with van der Waals surface area (Å²) in [5.74, 6) is -0.178. The standard InChI is InChI=1S/C12H17N3O3/c1-9(8-13)14(2)12(16)7-10-5-3-4-6-11(10)15(17)18/h3-6,9H,7-8,13H2,1-2H3. The van der Waals surface area contributed by atoms with Gasteiger partial charge in [-0.15, -0.1) is 0 Å². The van der Waals surface area contributed by atoms with E-state index in [0.717, 1.165) is 0 Å². The lowest BCUT2D eigenvalue weighted by atomic mass is 10.1. The highest BCUT2D eigenvalue weighted by Gasteiger charge is 2.19. The third kappa shape index (κ3) is 3.27. The molecule has 0 saturated carbocycles. The summed E-state index contributed by atoms with van der Waals surface area (Å²) < 4.78 is 0. The molecule has 1 unspecified atom stereocenters. The van der Waals surface area contributed by atoms with E-state index in [-0.39, 0.29) is 24.1 Å². The van der Waals surface area contributed by atoms with Crippen molar-refractivity contribution < 1.29 is 9.72 Å². The molecule has 1 amide bonds. The normalized spacial score (nSPS) is 11.9. The van der Waals surface area contributed by atoms with E-state index in [0.29, 0.717) is 12.1 Å². The summed E-state index contributed by atoms with van der Waals surface area (Å²) in [7, 11) is 1.65. The van der Waals surface area contributed by atoms with Crippen LogP contribution in [0.3, 0.4) is 0 Å². The summed E-state index contributed by atoms with van der Waals surface area (Å²) in [5.41, 5.74) is 5.87. The van der Waals surface area contributed by atoms with Gasteiger partial charge in [-0.3, -0.25) is 14.9 Å². The van der Waals surface area contributed by atoms with E-state index in [1.54, 1.807) is 25.2 Å². The van der Waals surface area contributed by atoms with Crippen molar-refractivity contribution in [3.05, 3.63) is 39.9 Å². The molecule has 1 atom stereocenters. The van der Waals surface area contributed by atoms with Crippen molar-refractivity contribution in [2.24, 2.45) is 5.73 Å². The molecule has 1 aromatic carbocycles. The lowest BCUT2D eigenvalue weighted by Crippen LogP contribution is -2.40. The van der Waals surface area contributed by atoms with Crippen LogP contribution in [0.15, 0.2) is 24.3 Å². The number of rotatable bonds is 5. The number of nitro benzene ring substituents is 1. The molecule has 6 heteroatoms. The summed E-state index contributed by atoms with van der Waals surface area (Å²) >= 11 is 0. The van der Waals surface area contributed by atoms with Gasteiger partial charge in [-0.2, -0.15) is 0 Å². The second-order valence-electron chi connectivity index (χ2n) is 4.15. The van der Waals surface area contributed by atoms with E-state index in [2.05, 4.69) is 0 Å².